The molecule has 1 aliphatic heterocycles. The maximum Gasteiger partial charge on any atom is 0.296 e. The van der Waals surface area contributed by atoms with Gasteiger partial charge in [0.25, 0.3) is 11.7 Å². The Bertz CT molecular complexity index is 1500. The molecule has 2 heterocycles. The Hall–Kier alpha value is -4.30. The number of ketones is 1. The Labute approximate surface area is 213 Å². The number of aromatic nitrogens is 1. The van der Waals surface area contributed by atoms with Gasteiger partial charge in [0.05, 0.1) is 24.3 Å². The van der Waals surface area contributed by atoms with Gasteiger partial charge in [0.2, 0.25) is 0 Å². The van der Waals surface area contributed by atoms with Crippen molar-refractivity contribution in [3.8, 4) is 11.5 Å². The minimum atomic E-state index is -0.971. The van der Waals surface area contributed by atoms with Gasteiger partial charge in [-0.15, -0.1) is 0 Å². The van der Waals surface area contributed by atoms with Crippen LogP contribution in [0.3, 0.4) is 0 Å². The summed E-state index contributed by atoms with van der Waals surface area (Å²) in [5.74, 6) is -2.01. The number of hydrogen-bond acceptors (Lipinski definition) is 6. The molecule has 0 bridgehead atoms. The molecular formula is C29H26FN3O4. The van der Waals surface area contributed by atoms with Crippen LogP contribution in [0.1, 0.15) is 21.5 Å². The second-order valence-corrected chi connectivity index (χ2v) is 8.94. The number of morpholine rings is 1. The van der Waals surface area contributed by atoms with Crippen molar-refractivity contribution in [1.82, 2.24) is 4.98 Å². The summed E-state index contributed by atoms with van der Waals surface area (Å²) in [6.45, 7) is 6.74. The second-order valence-electron chi connectivity index (χ2n) is 8.94. The van der Waals surface area contributed by atoms with Crippen molar-refractivity contribution in [3.63, 3.8) is 0 Å². The molecule has 0 saturated carbocycles. The van der Waals surface area contributed by atoms with E-state index in [1.807, 2.05) is 32.0 Å². The number of Topliss-reactive ketones (excluding diaryl/α,β-unsaturated/α-hetero) is 1. The van der Waals surface area contributed by atoms with Crippen LogP contribution in [-0.2, 0) is 9.53 Å². The first-order valence-corrected chi connectivity index (χ1v) is 12.0. The number of rotatable bonds is 6. The minimum absolute atomic E-state index is 0.207. The number of halogens is 1. The number of hydrogen-bond donors (Lipinski definition) is 1. The Kier molecular flexibility index (Phi) is 6.83. The lowest BCUT2D eigenvalue weighted by Gasteiger charge is -2.29. The number of ether oxygens (including phenoxy) is 2. The Balaban J connectivity index is 1.31. The highest BCUT2D eigenvalue weighted by atomic mass is 19.1. The van der Waals surface area contributed by atoms with E-state index >= 15 is 0 Å². The van der Waals surface area contributed by atoms with Gasteiger partial charge in [-0.1, -0.05) is 6.07 Å². The molecule has 1 saturated heterocycles. The molecule has 7 nitrogen and oxygen atoms in total. The molecule has 5 rings (SSSR count). The van der Waals surface area contributed by atoms with Crippen molar-refractivity contribution in [2.75, 3.05) is 36.5 Å². The van der Waals surface area contributed by atoms with E-state index in [0.29, 0.717) is 24.7 Å². The van der Waals surface area contributed by atoms with Crippen molar-refractivity contribution in [1.29, 1.82) is 0 Å². The maximum atomic E-state index is 14.9. The van der Waals surface area contributed by atoms with E-state index in [9.17, 15) is 14.0 Å². The molecule has 0 aliphatic carbocycles. The van der Waals surface area contributed by atoms with Crippen LogP contribution in [0.4, 0.5) is 15.8 Å². The summed E-state index contributed by atoms with van der Waals surface area (Å²) in [6.07, 6.45) is 1.62. The van der Waals surface area contributed by atoms with E-state index in [1.165, 1.54) is 12.1 Å². The summed E-state index contributed by atoms with van der Waals surface area (Å²) < 4.78 is 26.2. The highest BCUT2D eigenvalue weighted by Crippen LogP contribution is 2.31. The fraction of sp³-hybridized carbons (Fsp3) is 0.207. The molecule has 188 valence electrons. The van der Waals surface area contributed by atoms with Crippen molar-refractivity contribution >= 4 is 34.0 Å². The van der Waals surface area contributed by atoms with Gasteiger partial charge in [-0.05, 0) is 73.5 Å². The van der Waals surface area contributed by atoms with Gasteiger partial charge in [-0.2, -0.15) is 0 Å². The summed E-state index contributed by atoms with van der Waals surface area (Å²) in [5, 5.41) is 3.38. The third-order valence-electron chi connectivity index (χ3n) is 6.42. The molecule has 1 N–H and O–H groups in total. The van der Waals surface area contributed by atoms with E-state index in [0.717, 1.165) is 46.9 Å². The van der Waals surface area contributed by atoms with E-state index in [4.69, 9.17) is 9.47 Å². The fourth-order valence-electron chi connectivity index (χ4n) is 4.25. The third kappa shape index (κ3) is 5.29. The van der Waals surface area contributed by atoms with Gasteiger partial charge in [0, 0.05) is 42.1 Å². The SMILES string of the molecule is Cc1cc2nccc(Oc3ccc(C(=O)C(=O)Nc4cccc(N5CCOCC5)c4)c(F)c3)c2cc1C. The largest absolute Gasteiger partial charge is 0.456 e. The zero-order valence-corrected chi connectivity index (χ0v) is 20.6. The maximum absolute atomic E-state index is 14.9. The van der Waals surface area contributed by atoms with Gasteiger partial charge in [-0.3, -0.25) is 14.6 Å². The van der Waals surface area contributed by atoms with Crippen LogP contribution in [0, 0.1) is 19.7 Å². The number of amides is 1. The van der Waals surface area contributed by atoms with E-state index in [1.54, 1.807) is 30.5 Å². The van der Waals surface area contributed by atoms with Gasteiger partial charge in [0.1, 0.15) is 17.3 Å². The smallest absolute Gasteiger partial charge is 0.296 e. The Morgan fingerprint density at radius 1 is 1.00 bits per heavy atom. The van der Waals surface area contributed by atoms with Crippen molar-refractivity contribution in [2.24, 2.45) is 0 Å². The highest BCUT2D eigenvalue weighted by molar-refractivity contribution is 6.46. The summed E-state index contributed by atoms with van der Waals surface area (Å²) in [4.78, 5) is 31.9. The van der Waals surface area contributed by atoms with Crippen LogP contribution in [0.25, 0.3) is 10.9 Å². The number of fused-ring (bicyclic) bond motifs is 1. The molecule has 1 aliphatic rings. The molecule has 0 radical (unpaired) electrons. The normalized spacial score (nSPS) is 13.4. The summed E-state index contributed by atoms with van der Waals surface area (Å²) in [5.41, 5.74) is 3.99. The van der Waals surface area contributed by atoms with Crippen LogP contribution >= 0.6 is 0 Å². The fourth-order valence-corrected chi connectivity index (χ4v) is 4.25. The molecule has 0 atom stereocenters. The second kappa shape index (κ2) is 10.4. The van der Waals surface area contributed by atoms with Crippen LogP contribution in [0.15, 0.2) is 66.9 Å². The summed E-state index contributed by atoms with van der Waals surface area (Å²) >= 11 is 0. The monoisotopic (exact) mass is 499 g/mol. The van der Waals surface area contributed by atoms with Crippen LogP contribution < -0.4 is 15.0 Å². The number of benzene rings is 3. The topological polar surface area (TPSA) is 80.8 Å². The average Bonchev–Trinajstić information content (AvgIpc) is 2.90. The number of pyridine rings is 1. The highest BCUT2D eigenvalue weighted by Gasteiger charge is 2.21. The zero-order chi connectivity index (χ0) is 25.9. The van der Waals surface area contributed by atoms with Crippen LogP contribution in [0.2, 0.25) is 0 Å². The molecule has 1 aromatic heterocycles. The number of nitrogens with one attached hydrogen (secondary N) is 1. The van der Waals surface area contributed by atoms with Gasteiger partial charge < -0.3 is 19.7 Å². The number of aryl methyl sites for hydroxylation is 2. The zero-order valence-electron chi connectivity index (χ0n) is 20.6. The minimum Gasteiger partial charge on any atom is -0.456 e. The number of anilines is 2. The van der Waals surface area contributed by atoms with Gasteiger partial charge >= 0.3 is 0 Å². The van der Waals surface area contributed by atoms with Crippen molar-refractivity contribution in [3.05, 3.63) is 89.4 Å². The van der Waals surface area contributed by atoms with Crippen LogP contribution in [0.5, 0.6) is 11.5 Å². The van der Waals surface area contributed by atoms with Crippen LogP contribution in [-0.4, -0.2) is 43.0 Å². The number of carbonyl (C=O) groups excluding carboxylic acids is 2. The number of carbonyl (C=O) groups is 2. The first-order chi connectivity index (χ1) is 17.9. The standard InChI is InChI=1S/C29H26FN3O4/c1-18-14-24-26(15-19(18)2)31-9-8-27(24)37-22-6-7-23(25(30)17-22)28(34)29(35)32-20-4-3-5-21(16-20)33-10-12-36-13-11-33/h3-9,14-17H,10-13H2,1-2H3,(H,32,35). The molecule has 1 amide bonds. The Morgan fingerprint density at radius 2 is 1.78 bits per heavy atom. The van der Waals surface area contributed by atoms with Gasteiger partial charge in [0.15, 0.2) is 0 Å². The predicted octanol–water partition coefficient (Wildman–Crippen LogP) is 5.44. The summed E-state index contributed by atoms with van der Waals surface area (Å²) in [7, 11) is 0. The molecule has 37 heavy (non-hydrogen) atoms. The quantitative estimate of drug-likeness (QED) is 0.281. The lowest BCUT2D eigenvalue weighted by atomic mass is 10.1. The molecule has 1 fully saturated rings. The molecule has 4 aromatic rings. The molecule has 0 unspecified atom stereocenters. The lowest BCUT2D eigenvalue weighted by Crippen LogP contribution is -2.36. The first kappa shape index (κ1) is 24.4. The van der Waals surface area contributed by atoms with E-state index in [-0.39, 0.29) is 11.3 Å². The van der Waals surface area contributed by atoms with E-state index < -0.39 is 17.5 Å². The first-order valence-electron chi connectivity index (χ1n) is 12.0. The van der Waals surface area contributed by atoms with E-state index in [2.05, 4.69) is 15.2 Å². The third-order valence-corrected chi connectivity index (χ3v) is 6.42. The predicted molar refractivity (Wildman–Crippen MR) is 140 cm³/mol. The van der Waals surface area contributed by atoms with Crippen molar-refractivity contribution in [2.45, 2.75) is 13.8 Å². The number of nitrogens with zero attached hydrogens (tertiary/aromatic N) is 2. The molecule has 8 heteroatoms. The van der Waals surface area contributed by atoms with Crippen molar-refractivity contribution < 1.29 is 23.5 Å². The summed E-state index contributed by atoms with van der Waals surface area (Å²) in [6, 6.07) is 16.7. The molecule has 0 spiro atoms. The molecular weight excluding hydrogens is 473 g/mol. The van der Waals surface area contributed by atoms with Gasteiger partial charge in [-0.25, -0.2) is 4.39 Å². The Morgan fingerprint density at radius 3 is 2.57 bits per heavy atom. The lowest BCUT2D eigenvalue weighted by molar-refractivity contribution is -0.112. The average molecular weight is 500 g/mol. The molecule has 3 aromatic carbocycles.